The first kappa shape index (κ1) is 14.4. The maximum atomic E-state index is 5.89. The van der Waals surface area contributed by atoms with Crippen LogP contribution in [0.3, 0.4) is 0 Å². The highest BCUT2D eigenvalue weighted by Crippen LogP contribution is 2.20. The second kappa shape index (κ2) is 6.46. The van der Waals surface area contributed by atoms with Crippen molar-refractivity contribution in [3.63, 3.8) is 0 Å². The van der Waals surface area contributed by atoms with Crippen molar-refractivity contribution in [3.05, 3.63) is 59.0 Å². The Morgan fingerprint density at radius 3 is 2.48 bits per heavy atom. The van der Waals surface area contributed by atoms with Gasteiger partial charge in [-0.25, -0.2) is 0 Å². The van der Waals surface area contributed by atoms with E-state index in [1.54, 1.807) is 0 Å². The Labute approximate surface area is 127 Å². The average Bonchev–Trinajstić information content (AvgIpc) is 3.19. The number of benzene rings is 1. The third kappa shape index (κ3) is 4.45. The number of aryl methyl sites for hydroxylation is 1. The van der Waals surface area contributed by atoms with Gasteiger partial charge in [0.2, 0.25) is 0 Å². The Morgan fingerprint density at radius 1 is 1.05 bits per heavy atom. The van der Waals surface area contributed by atoms with Gasteiger partial charge in [-0.05, 0) is 44.5 Å². The van der Waals surface area contributed by atoms with Crippen LogP contribution in [0.15, 0.2) is 40.8 Å². The summed E-state index contributed by atoms with van der Waals surface area (Å²) in [7, 11) is 2.13. The van der Waals surface area contributed by atoms with Crippen molar-refractivity contribution in [2.45, 2.75) is 45.4 Å². The van der Waals surface area contributed by atoms with Crippen LogP contribution in [0.4, 0.5) is 0 Å². The molecule has 21 heavy (non-hydrogen) atoms. The molecule has 3 nitrogen and oxygen atoms in total. The van der Waals surface area contributed by atoms with E-state index in [2.05, 4.69) is 60.6 Å². The Bertz CT molecular complexity index is 569. The summed E-state index contributed by atoms with van der Waals surface area (Å²) in [5, 5.41) is 3.48. The van der Waals surface area contributed by atoms with E-state index in [0.717, 1.165) is 37.2 Å². The van der Waals surface area contributed by atoms with Crippen LogP contribution < -0.4 is 5.32 Å². The summed E-state index contributed by atoms with van der Waals surface area (Å²) in [6.07, 6.45) is 2.62. The molecule has 0 spiro atoms. The predicted octanol–water partition coefficient (Wildman–Crippen LogP) is 3.47. The molecule has 112 valence electrons. The summed E-state index contributed by atoms with van der Waals surface area (Å²) in [6, 6.07) is 13.6. The van der Waals surface area contributed by atoms with Gasteiger partial charge < -0.3 is 9.73 Å². The van der Waals surface area contributed by atoms with E-state index in [1.807, 2.05) is 0 Å². The van der Waals surface area contributed by atoms with Gasteiger partial charge in [0.15, 0.2) is 0 Å². The quantitative estimate of drug-likeness (QED) is 0.844. The van der Waals surface area contributed by atoms with Crippen molar-refractivity contribution in [1.29, 1.82) is 0 Å². The second-order valence-corrected chi connectivity index (χ2v) is 6.18. The van der Waals surface area contributed by atoms with Gasteiger partial charge in [-0.1, -0.05) is 29.8 Å². The zero-order valence-electron chi connectivity index (χ0n) is 12.9. The van der Waals surface area contributed by atoms with Crippen molar-refractivity contribution in [2.24, 2.45) is 0 Å². The number of nitrogens with one attached hydrogen (secondary N) is 1. The SMILES string of the molecule is Cc1ccc(CN(C)Cc2ccc(CNC3CC3)o2)cc1. The average molecular weight is 284 g/mol. The summed E-state index contributed by atoms with van der Waals surface area (Å²) in [5.74, 6) is 2.08. The number of rotatable bonds is 7. The molecule has 1 saturated carbocycles. The van der Waals surface area contributed by atoms with Gasteiger partial charge in [-0.2, -0.15) is 0 Å². The van der Waals surface area contributed by atoms with Crippen LogP contribution in [0, 0.1) is 6.92 Å². The van der Waals surface area contributed by atoms with Gasteiger partial charge >= 0.3 is 0 Å². The molecule has 1 aliphatic rings. The maximum Gasteiger partial charge on any atom is 0.118 e. The van der Waals surface area contributed by atoms with Gasteiger partial charge in [0.25, 0.3) is 0 Å². The minimum Gasteiger partial charge on any atom is -0.463 e. The summed E-state index contributed by atoms with van der Waals surface area (Å²) in [6.45, 7) is 4.76. The molecular weight excluding hydrogens is 260 g/mol. The number of furan rings is 1. The molecule has 0 radical (unpaired) electrons. The molecule has 3 heteroatoms. The molecule has 0 unspecified atom stereocenters. The molecule has 1 aromatic carbocycles. The highest BCUT2D eigenvalue weighted by molar-refractivity contribution is 5.21. The highest BCUT2D eigenvalue weighted by Gasteiger charge is 2.20. The van der Waals surface area contributed by atoms with Crippen molar-refractivity contribution in [2.75, 3.05) is 7.05 Å². The van der Waals surface area contributed by atoms with E-state index in [1.165, 1.54) is 24.0 Å². The largest absolute Gasteiger partial charge is 0.463 e. The zero-order chi connectivity index (χ0) is 14.7. The van der Waals surface area contributed by atoms with Crippen molar-refractivity contribution in [1.82, 2.24) is 10.2 Å². The Kier molecular flexibility index (Phi) is 4.42. The Balaban J connectivity index is 1.49. The molecule has 3 rings (SSSR count). The molecule has 0 amide bonds. The van der Waals surface area contributed by atoms with Crippen molar-refractivity contribution in [3.8, 4) is 0 Å². The first-order chi connectivity index (χ1) is 10.2. The van der Waals surface area contributed by atoms with E-state index in [4.69, 9.17) is 4.42 Å². The van der Waals surface area contributed by atoms with Gasteiger partial charge in [0.05, 0.1) is 13.1 Å². The van der Waals surface area contributed by atoms with Gasteiger partial charge in [-0.15, -0.1) is 0 Å². The molecule has 2 aromatic rings. The summed E-state index contributed by atoms with van der Waals surface area (Å²) >= 11 is 0. The van der Waals surface area contributed by atoms with Crippen molar-refractivity contribution < 1.29 is 4.42 Å². The van der Waals surface area contributed by atoms with Crippen LogP contribution in [0.25, 0.3) is 0 Å². The molecule has 1 fully saturated rings. The lowest BCUT2D eigenvalue weighted by Crippen LogP contribution is -2.17. The number of hydrogen-bond acceptors (Lipinski definition) is 3. The molecule has 0 bridgehead atoms. The van der Waals surface area contributed by atoms with Crippen LogP contribution in [0.2, 0.25) is 0 Å². The van der Waals surface area contributed by atoms with E-state index in [0.29, 0.717) is 0 Å². The Hall–Kier alpha value is -1.58. The molecule has 1 N–H and O–H groups in total. The fourth-order valence-electron chi connectivity index (χ4n) is 2.46. The first-order valence-electron chi connectivity index (χ1n) is 7.74. The fraction of sp³-hybridized carbons (Fsp3) is 0.444. The maximum absolute atomic E-state index is 5.89. The third-order valence-corrected chi connectivity index (χ3v) is 3.86. The fourth-order valence-corrected chi connectivity index (χ4v) is 2.46. The molecule has 1 aliphatic carbocycles. The lowest BCUT2D eigenvalue weighted by molar-refractivity contribution is 0.282. The van der Waals surface area contributed by atoms with Crippen LogP contribution in [-0.2, 0) is 19.6 Å². The topological polar surface area (TPSA) is 28.4 Å². The standard InChI is InChI=1S/C18H24N2O/c1-14-3-5-15(6-4-14)12-20(2)13-18-10-9-17(21-18)11-19-16-7-8-16/h3-6,9-10,16,19H,7-8,11-13H2,1-2H3. The highest BCUT2D eigenvalue weighted by atomic mass is 16.3. The van der Waals surface area contributed by atoms with Gasteiger partial charge in [0.1, 0.15) is 11.5 Å². The van der Waals surface area contributed by atoms with Crippen molar-refractivity contribution >= 4 is 0 Å². The zero-order valence-corrected chi connectivity index (χ0v) is 12.9. The lowest BCUT2D eigenvalue weighted by atomic mass is 10.1. The predicted molar refractivity (Wildman–Crippen MR) is 84.9 cm³/mol. The molecule has 1 heterocycles. The van der Waals surface area contributed by atoms with Gasteiger partial charge in [-0.3, -0.25) is 4.90 Å². The number of hydrogen-bond donors (Lipinski definition) is 1. The van der Waals surface area contributed by atoms with Crippen LogP contribution in [-0.4, -0.2) is 18.0 Å². The molecule has 0 atom stereocenters. The van der Waals surface area contributed by atoms with E-state index >= 15 is 0 Å². The number of nitrogens with zero attached hydrogens (tertiary/aromatic N) is 1. The van der Waals surface area contributed by atoms with Crippen LogP contribution in [0.5, 0.6) is 0 Å². The molecule has 0 aliphatic heterocycles. The Morgan fingerprint density at radius 2 is 1.76 bits per heavy atom. The van der Waals surface area contributed by atoms with Crippen LogP contribution in [0.1, 0.15) is 35.5 Å². The van der Waals surface area contributed by atoms with E-state index in [-0.39, 0.29) is 0 Å². The summed E-state index contributed by atoms with van der Waals surface area (Å²) < 4.78 is 5.89. The minimum absolute atomic E-state index is 0.725. The summed E-state index contributed by atoms with van der Waals surface area (Å²) in [5.41, 5.74) is 2.64. The second-order valence-electron chi connectivity index (χ2n) is 6.18. The smallest absolute Gasteiger partial charge is 0.118 e. The minimum atomic E-state index is 0.725. The van der Waals surface area contributed by atoms with E-state index in [9.17, 15) is 0 Å². The molecular formula is C18H24N2O. The molecule has 0 saturated heterocycles. The van der Waals surface area contributed by atoms with E-state index < -0.39 is 0 Å². The normalized spacial score (nSPS) is 14.8. The van der Waals surface area contributed by atoms with Crippen LogP contribution >= 0.6 is 0 Å². The lowest BCUT2D eigenvalue weighted by Gasteiger charge is -2.15. The third-order valence-electron chi connectivity index (χ3n) is 3.86. The summed E-state index contributed by atoms with van der Waals surface area (Å²) in [4.78, 5) is 2.28. The van der Waals surface area contributed by atoms with Gasteiger partial charge in [0, 0.05) is 12.6 Å². The molecule has 1 aromatic heterocycles. The monoisotopic (exact) mass is 284 g/mol. The first-order valence-corrected chi connectivity index (χ1v) is 7.74.